The molecular formula is C32H54N2O2+2. The van der Waals surface area contributed by atoms with Gasteiger partial charge in [-0.05, 0) is 36.8 Å². The van der Waals surface area contributed by atoms with Gasteiger partial charge in [0.25, 0.3) is 0 Å². The quantitative estimate of drug-likeness (QED) is 0.129. The Labute approximate surface area is 221 Å². The Hall–Kier alpha value is -1.78. The number of hydrogen-bond donors (Lipinski definition) is 2. The van der Waals surface area contributed by atoms with Gasteiger partial charge in [0, 0.05) is 50.3 Å². The lowest BCUT2D eigenvalue weighted by atomic mass is 10.1. The molecule has 0 aliphatic carbocycles. The smallest absolute Gasteiger partial charge is 0.169 e. The van der Waals surface area contributed by atoms with Crippen molar-refractivity contribution in [2.75, 3.05) is 13.2 Å². The maximum atomic E-state index is 8.81. The first kappa shape index (κ1) is 30.4. The number of aliphatic hydroxyl groups is 2. The molecule has 0 saturated heterocycles. The highest BCUT2D eigenvalue weighted by molar-refractivity contribution is 5.60. The monoisotopic (exact) mass is 498 g/mol. The van der Waals surface area contributed by atoms with Gasteiger partial charge < -0.3 is 10.2 Å². The van der Waals surface area contributed by atoms with Gasteiger partial charge in [0.05, 0.1) is 0 Å². The maximum absolute atomic E-state index is 8.81. The van der Waals surface area contributed by atoms with Crippen molar-refractivity contribution in [1.29, 1.82) is 0 Å². The van der Waals surface area contributed by atoms with Gasteiger partial charge in [0.15, 0.2) is 24.8 Å². The highest BCUT2D eigenvalue weighted by Crippen LogP contribution is 2.16. The second-order valence-electron chi connectivity index (χ2n) is 10.5. The van der Waals surface area contributed by atoms with Gasteiger partial charge >= 0.3 is 0 Å². The lowest BCUT2D eigenvalue weighted by molar-refractivity contribution is -0.697. The molecule has 2 heterocycles. The fraction of sp³-hybridized carbons (Fsp3) is 0.688. The van der Waals surface area contributed by atoms with E-state index >= 15 is 0 Å². The van der Waals surface area contributed by atoms with Crippen LogP contribution >= 0.6 is 0 Å². The van der Waals surface area contributed by atoms with Crippen molar-refractivity contribution in [2.45, 2.75) is 129 Å². The number of unbranched alkanes of at least 4 members (excludes halogenated alkanes) is 16. The molecule has 0 saturated carbocycles. The third kappa shape index (κ3) is 14.7. The molecule has 0 radical (unpaired) electrons. The van der Waals surface area contributed by atoms with Crippen LogP contribution in [0.15, 0.2) is 49.1 Å². The van der Waals surface area contributed by atoms with E-state index in [9.17, 15) is 0 Å². The average molecular weight is 499 g/mol. The zero-order valence-electron chi connectivity index (χ0n) is 23.0. The largest absolute Gasteiger partial charge is 0.396 e. The number of nitrogens with zero attached hydrogens (tertiary/aromatic N) is 2. The summed E-state index contributed by atoms with van der Waals surface area (Å²) in [6.07, 6.45) is 31.6. The van der Waals surface area contributed by atoms with E-state index < -0.39 is 0 Å². The molecule has 0 fully saturated rings. The van der Waals surface area contributed by atoms with E-state index in [1.165, 1.54) is 114 Å². The van der Waals surface area contributed by atoms with E-state index in [1.54, 1.807) is 0 Å². The molecule has 4 heteroatoms. The lowest BCUT2D eigenvalue weighted by Gasteiger charge is -2.03. The van der Waals surface area contributed by atoms with Crippen molar-refractivity contribution < 1.29 is 19.3 Å². The fourth-order valence-corrected chi connectivity index (χ4v) is 4.88. The van der Waals surface area contributed by atoms with Crippen molar-refractivity contribution in [3.05, 3.63) is 49.1 Å². The predicted octanol–water partition coefficient (Wildman–Crippen LogP) is 6.94. The van der Waals surface area contributed by atoms with Crippen LogP contribution in [0.4, 0.5) is 0 Å². The zero-order valence-corrected chi connectivity index (χ0v) is 23.0. The summed E-state index contributed by atoms with van der Waals surface area (Å²) >= 11 is 0. The topological polar surface area (TPSA) is 48.2 Å². The van der Waals surface area contributed by atoms with Crippen LogP contribution in [-0.4, -0.2) is 23.4 Å². The third-order valence-corrected chi connectivity index (χ3v) is 7.26. The standard InChI is InChI=1S/C32H54N2O2/c35-29-17-13-9-5-1-3-7-11-15-23-33-25-19-31(20-26-33)32-21-27-34(28-22-32)24-16-12-8-4-2-6-10-14-18-30-36/h19-22,25-28,35-36H,1-18,23-24,29-30H2/q+2. The highest BCUT2D eigenvalue weighted by atomic mass is 16.3. The van der Waals surface area contributed by atoms with Crippen LogP contribution in [0.3, 0.4) is 0 Å². The van der Waals surface area contributed by atoms with Crippen LogP contribution in [0.5, 0.6) is 0 Å². The number of pyridine rings is 2. The van der Waals surface area contributed by atoms with E-state index in [-0.39, 0.29) is 0 Å². The van der Waals surface area contributed by atoms with E-state index in [0.717, 1.165) is 25.9 Å². The van der Waals surface area contributed by atoms with E-state index in [1.807, 2.05) is 0 Å². The average Bonchev–Trinajstić information content (AvgIpc) is 2.91. The molecule has 0 unspecified atom stereocenters. The van der Waals surface area contributed by atoms with Gasteiger partial charge in [0.2, 0.25) is 0 Å². The first-order chi connectivity index (χ1) is 17.8. The molecule has 2 N–H and O–H groups in total. The Morgan fingerprint density at radius 2 is 0.611 bits per heavy atom. The summed E-state index contributed by atoms with van der Waals surface area (Å²) in [5.74, 6) is 0. The summed E-state index contributed by atoms with van der Waals surface area (Å²) in [7, 11) is 0. The molecule has 0 aliphatic rings. The van der Waals surface area contributed by atoms with Gasteiger partial charge in [-0.25, -0.2) is 9.13 Å². The first-order valence-corrected chi connectivity index (χ1v) is 15.0. The van der Waals surface area contributed by atoms with E-state index in [4.69, 9.17) is 10.2 Å². The molecule has 0 bridgehead atoms. The molecule has 0 spiro atoms. The van der Waals surface area contributed by atoms with Gasteiger partial charge in [0.1, 0.15) is 13.1 Å². The van der Waals surface area contributed by atoms with Crippen molar-refractivity contribution in [3.8, 4) is 11.1 Å². The van der Waals surface area contributed by atoms with Gasteiger partial charge in [-0.1, -0.05) is 77.0 Å². The minimum Gasteiger partial charge on any atom is -0.396 e. The minimum absolute atomic E-state index is 0.347. The van der Waals surface area contributed by atoms with Crippen molar-refractivity contribution in [2.24, 2.45) is 0 Å². The molecule has 36 heavy (non-hydrogen) atoms. The Balaban J connectivity index is 1.53. The fourth-order valence-electron chi connectivity index (χ4n) is 4.88. The molecule has 0 amide bonds. The van der Waals surface area contributed by atoms with Crippen molar-refractivity contribution >= 4 is 0 Å². The summed E-state index contributed by atoms with van der Waals surface area (Å²) in [6.45, 7) is 2.91. The number of hydrogen-bond acceptors (Lipinski definition) is 2. The number of rotatable bonds is 23. The number of aromatic nitrogens is 2. The van der Waals surface area contributed by atoms with E-state index in [2.05, 4.69) is 58.2 Å². The van der Waals surface area contributed by atoms with Gasteiger partial charge in [-0.3, -0.25) is 0 Å². The zero-order chi connectivity index (χ0) is 25.5. The Kier molecular flexibility index (Phi) is 18.0. The second kappa shape index (κ2) is 21.3. The molecule has 0 atom stereocenters. The Bertz CT molecular complexity index is 680. The Morgan fingerprint density at radius 3 is 0.889 bits per heavy atom. The van der Waals surface area contributed by atoms with Crippen LogP contribution in [0.2, 0.25) is 0 Å². The molecule has 4 nitrogen and oxygen atoms in total. The predicted molar refractivity (Wildman–Crippen MR) is 150 cm³/mol. The molecule has 202 valence electrons. The summed E-state index contributed by atoms with van der Waals surface area (Å²) < 4.78 is 4.63. The summed E-state index contributed by atoms with van der Waals surface area (Å²) in [4.78, 5) is 0. The van der Waals surface area contributed by atoms with Gasteiger partial charge in [-0.15, -0.1) is 0 Å². The summed E-state index contributed by atoms with van der Waals surface area (Å²) in [5, 5.41) is 17.6. The highest BCUT2D eigenvalue weighted by Gasteiger charge is 2.06. The van der Waals surface area contributed by atoms with Gasteiger partial charge in [-0.2, -0.15) is 0 Å². The molecule has 2 aromatic heterocycles. The number of aryl methyl sites for hydroxylation is 2. The maximum Gasteiger partial charge on any atom is 0.169 e. The van der Waals surface area contributed by atoms with Crippen molar-refractivity contribution in [1.82, 2.24) is 0 Å². The molecule has 2 aromatic rings. The molecular weight excluding hydrogens is 444 g/mol. The first-order valence-electron chi connectivity index (χ1n) is 15.0. The summed E-state index contributed by atoms with van der Waals surface area (Å²) in [5.41, 5.74) is 2.58. The van der Waals surface area contributed by atoms with Crippen LogP contribution < -0.4 is 9.13 Å². The van der Waals surface area contributed by atoms with E-state index in [0.29, 0.717) is 13.2 Å². The molecule has 2 rings (SSSR count). The van der Waals surface area contributed by atoms with Crippen molar-refractivity contribution in [3.63, 3.8) is 0 Å². The minimum atomic E-state index is 0.347. The van der Waals surface area contributed by atoms with Crippen LogP contribution in [0.1, 0.15) is 116 Å². The second-order valence-corrected chi connectivity index (χ2v) is 10.5. The number of aliphatic hydroxyl groups excluding tert-OH is 2. The third-order valence-electron chi connectivity index (χ3n) is 7.26. The SMILES string of the molecule is OCCCCCCCCCCC[n+]1ccc(-c2cc[n+](CCCCCCCCCCCO)cc2)cc1. The lowest BCUT2D eigenvalue weighted by Crippen LogP contribution is -2.33. The molecule has 0 aromatic carbocycles. The summed E-state index contributed by atoms with van der Waals surface area (Å²) in [6, 6.07) is 8.98. The molecule has 0 aliphatic heterocycles. The normalized spacial score (nSPS) is 11.3. The van der Waals surface area contributed by atoms with Crippen LogP contribution in [-0.2, 0) is 13.1 Å². The van der Waals surface area contributed by atoms with Crippen LogP contribution in [0.25, 0.3) is 11.1 Å². The Morgan fingerprint density at radius 1 is 0.361 bits per heavy atom. The van der Waals surface area contributed by atoms with Crippen LogP contribution in [0, 0.1) is 0 Å².